The van der Waals surface area contributed by atoms with E-state index in [2.05, 4.69) is 57.5 Å². The van der Waals surface area contributed by atoms with E-state index in [1.54, 1.807) is 0 Å². The van der Waals surface area contributed by atoms with E-state index in [4.69, 9.17) is 0 Å². The number of hydrogen-bond donors (Lipinski definition) is 1. The first-order chi connectivity index (χ1) is 8.88. The van der Waals surface area contributed by atoms with Crippen LogP contribution in [0.15, 0.2) is 18.7 Å². The lowest BCUT2D eigenvalue weighted by atomic mass is 10.0. The van der Waals surface area contributed by atoms with E-state index in [0.29, 0.717) is 0 Å². The zero-order valence-corrected chi connectivity index (χ0v) is 13.9. The third-order valence-electron chi connectivity index (χ3n) is 3.28. The molecule has 0 radical (unpaired) electrons. The highest BCUT2D eigenvalue weighted by Gasteiger charge is 2.21. The number of rotatable bonds is 7. The molecule has 0 spiro atoms. The molecule has 0 amide bonds. The summed E-state index contributed by atoms with van der Waals surface area (Å²) >= 11 is 1.91. The predicted octanol–water partition coefficient (Wildman–Crippen LogP) is 3.95. The van der Waals surface area contributed by atoms with Gasteiger partial charge < -0.3 is 5.32 Å². The second-order valence-corrected chi connectivity index (χ2v) is 7.26. The summed E-state index contributed by atoms with van der Waals surface area (Å²) in [6, 6.07) is 2.35. The van der Waals surface area contributed by atoms with Gasteiger partial charge in [-0.2, -0.15) is 0 Å². The SMILES string of the molecule is C=CCN(Cc1cc(CNCC)sc1C)C(C)(C)C. The lowest BCUT2D eigenvalue weighted by molar-refractivity contribution is 0.145. The van der Waals surface area contributed by atoms with Crippen molar-refractivity contribution in [2.24, 2.45) is 0 Å². The van der Waals surface area contributed by atoms with Gasteiger partial charge in [0.15, 0.2) is 0 Å². The van der Waals surface area contributed by atoms with Crippen molar-refractivity contribution in [3.05, 3.63) is 34.0 Å². The molecule has 0 aliphatic heterocycles. The lowest BCUT2D eigenvalue weighted by Gasteiger charge is -2.34. The average molecular weight is 280 g/mol. The highest BCUT2D eigenvalue weighted by molar-refractivity contribution is 7.12. The molecule has 1 heterocycles. The summed E-state index contributed by atoms with van der Waals surface area (Å²) in [6.07, 6.45) is 1.99. The fourth-order valence-corrected chi connectivity index (χ4v) is 3.04. The molecular formula is C16H28N2S. The summed E-state index contributed by atoms with van der Waals surface area (Å²) in [5, 5.41) is 3.39. The summed E-state index contributed by atoms with van der Waals surface area (Å²) in [5.41, 5.74) is 1.62. The zero-order chi connectivity index (χ0) is 14.5. The van der Waals surface area contributed by atoms with Gasteiger partial charge in [-0.25, -0.2) is 0 Å². The molecule has 0 atom stereocenters. The highest BCUT2D eigenvalue weighted by Crippen LogP contribution is 2.25. The van der Waals surface area contributed by atoms with Crippen LogP contribution in [-0.4, -0.2) is 23.5 Å². The second-order valence-electron chi connectivity index (χ2n) is 5.91. The third-order valence-corrected chi connectivity index (χ3v) is 4.37. The fraction of sp³-hybridized carbons (Fsp3) is 0.625. The van der Waals surface area contributed by atoms with E-state index >= 15 is 0 Å². The van der Waals surface area contributed by atoms with Gasteiger partial charge in [-0.1, -0.05) is 13.0 Å². The number of nitrogens with zero attached hydrogens (tertiary/aromatic N) is 1. The van der Waals surface area contributed by atoms with Gasteiger partial charge in [0.1, 0.15) is 0 Å². The standard InChI is InChI=1S/C16H28N2S/c1-7-9-18(16(4,5)6)12-14-10-15(11-17-8-2)19-13(14)3/h7,10,17H,1,8-9,11-12H2,2-6H3. The number of nitrogens with one attached hydrogen (secondary N) is 1. The van der Waals surface area contributed by atoms with Crippen molar-refractivity contribution in [3.63, 3.8) is 0 Å². The van der Waals surface area contributed by atoms with E-state index in [1.165, 1.54) is 15.3 Å². The van der Waals surface area contributed by atoms with Gasteiger partial charge >= 0.3 is 0 Å². The summed E-state index contributed by atoms with van der Waals surface area (Å²) in [7, 11) is 0. The maximum atomic E-state index is 3.87. The molecule has 1 N–H and O–H groups in total. The van der Waals surface area contributed by atoms with E-state index in [9.17, 15) is 0 Å². The Bertz CT molecular complexity index is 401. The number of hydrogen-bond acceptors (Lipinski definition) is 3. The fourth-order valence-electron chi connectivity index (χ4n) is 2.02. The second kappa shape index (κ2) is 7.22. The van der Waals surface area contributed by atoms with E-state index in [1.807, 2.05) is 17.4 Å². The molecule has 1 rings (SSSR count). The summed E-state index contributed by atoms with van der Waals surface area (Å²) in [4.78, 5) is 5.33. The first-order valence-corrected chi connectivity index (χ1v) is 7.85. The molecule has 0 aliphatic carbocycles. The van der Waals surface area contributed by atoms with Crippen LogP contribution < -0.4 is 5.32 Å². The quantitative estimate of drug-likeness (QED) is 0.761. The summed E-state index contributed by atoms with van der Waals surface area (Å²) in [6.45, 7) is 19.0. The van der Waals surface area contributed by atoms with Crippen molar-refractivity contribution in [1.82, 2.24) is 10.2 Å². The molecule has 2 nitrogen and oxygen atoms in total. The maximum absolute atomic E-state index is 3.87. The highest BCUT2D eigenvalue weighted by atomic mass is 32.1. The molecule has 0 fully saturated rings. The van der Waals surface area contributed by atoms with Gasteiger partial charge in [0.05, 0.1) is 0 Å². The van der Waals surface area contributed by atoms with Gasteiger partial charge in [0.2, 0.25) is 0 Å². The molecule has 1 aromatic heterocycles. The predicted molar refractivity (Wildman–Crippen MR) is 86.8 cm³/mol. The molecule has 0 saturated heterocycles. The Kier molecular flexibility index (Phi) is 6.24. The van der Waals surface area contributed by atoms with E-state index in [-0.39, 0.29) is 5.54 Å². The largest absolute Gasteiger partial charge is 0.312 e. The van der Waals surface area contributed by atoms with E-state index < -0.39 is 0 Å². The summed E-state index contributed by atoms with van der Waals surface area (Å²) in [5.74, 6) is 0. The van der Waals surface area contributed by atoms with Crippen LogP contribution in [0.1, 0.15) is 43.0 Å². The van der Waals surface area contributed by atoms with Crippen LogP contribution in [0.4, 0.5) is 0 Å². The maximum Gasteiger partial charge on any atom is 0.0299 e. The molecule has 108 valence electrons. The Hall–Kier alpha value is -0.640. The Balaban J connectivity index is 2.78. The first kappa shape index (κ1) is 16.4. The van der Waals surface area contributed by atoms with Crippen molar-refractivity contribution in [2.45, 2.75) is 53.2 Å². The van der Waals surface area contributed by atoms with Gasteiger partial charge in [-0.3, -0.25) is 4.90 Å². The minimum Gasteiger partial charge on any atom is -0.312 e. The third kappa shape index (κ3) is 5.09. The minimum absolute atomic E-state index is 0.171. The topological polar surface area (TPSA) is 15.3 Å². The number of thiophene rings is 1. The Labute approximate surface area is 122 Å². The van der Waals surface area contributed by atoms with Crippen LogP contribution in [0.5, 0.6) is 0 Å². The van der Waals surface area contributed by atoms with Crippen LogP contribution in [-0.2, 0) is 13.1 Å². The van der Waals surface area contributed by atoms with Crippen molar-refractivity contribution >= 4 is 11.3 Å². The van der Waals surface area contributed by atoms with Gasteiger partial charge in [-0.05, 0) is 45.9 Å². The van der Waals surface area contributed by atoms with Crippen LogP contribution in [0.2, 0.25) is 0 Å². The number of aryl methyl sites for hydroxylation is 1. The van der Waals surface area contributed by atoms with Crippen LogP contribution >= 0.6 is 11.3 Å². The molecular weight excluding hydrogens is 252 g/mol. The monoisotopic (exact) mass is 280 g/mol. The van der Waals surface area contributed by atoms with Gasteiger partial charge in [0.25, 0.3) is 0 Å². The van der Waals surface area contributed by atoms with Crippen molar-refractivity contribution in [2.75, 3.05) is 13.1 Å². The average Bonchev–Trinajstić information content (AvgIpc) is 2.66. The van der Waals surface area contributed by atoms with E-state index in [0.717, 1.165) is 26.2 Å². The minimum atomic E-state index is 0.171. The molecule has 3 heteroatoms. The molecule has 0 bridgehead atoms. The van der Waals surface area contributed by atoms with Crippen LogP contribution in [0.25, 0.3) is 0 Å². The van der Waals surface area contributed by atoms with Crippen molar-refractivity contribution in [3.8, 4) is 0 Å². The van der Waals surface area contributed by atoms with Crippen molar-refractivity contribution in [1.29, 1.82) is 0 Å². The first-order valence-electron chi connectivity index (χ1n) is 7.03. The normalized spacial score (nSPS) is 12.1. The Morgan fingerprint density at radius 3 is 2.63 bits per heavy atom. The molecule has 0 saturated carbocycles. The van der Waals surface area contributed by atoms with Gasteiger partial charge in [-0.15, -0.1) is 17.9 Å². The molecule has 0 aromatic carbocycles. The Morgan fingerprint density at radius 2 is 2.11 bits per heavy atom. The van der Waals surface area contributed by atoms with Crippen molar-refractivity contribution < 1.29 is 0 Å². The summed E-state index contributed by atoms with van der Waals surface area (Å²) < 4.78 is 0. The van der Waals surface area contributed by atoms with Gasteiger partial charge in [0, 0.05) is 34.9 Å². The molecule has 0 aliphatic rings. The van der Waals surface area contributed by atoms with Crippen LogP contribution in [0, 0.1) is 6.92 Å². The zero-order valence-electron chi connectivity index (χ0n) is 13.0. The smallest absolute Gasteiger partial charge is 0.0299 e. The van der Waals surface area contributed by atoms with Crippen LogP contribution in [0.3, 0.4) is 0 Å². The molecule has 0 unspecified atom stereocenters. The molecule has 1 aromatic rings. The Morgan fingerprint density at radius 1 is 1.42 bits per heavy atom. The molecule has 19 heavy (non-hydrogen) atoms. The lowest BCUT2D eigenvalue weighted by Crippen LogP contribution is -2.40.